The molecular weight excluding hydrogens is 895 g/mol. The maximum absolute atomic E-state index is 9.23. The van der Waals surface area contributed by atoms with Gasteiger partial charge in [0.25, 0.3) is 0 Å². The molecule has 0 fully saturated rings. The van der Waals surface area contributed by atoms with E-state index >= 15 is 0 Å². The molecule has 8 aromatic rings. The van der Waals surface area contributed by atoms with Crippen LogP contribution in [0.15, 0.2) is 130 Å². The molecule has 2 aromatic heterocycles. The number of furan rings is 2. The first-order chi connectivity index (χ1) is 30.0. The zero-order valence-electron chi connectivity index (χ0n) is 35.7. The topological polar surface area (TPSA) is 26.3 Å². The van der Waals surface area contributed by atoms with Crippen molar-refractivity contribution in [1.29, 1.82) is 0 Å². The summed E-state index contributed by atoms with van der Waals surface area (Å²) in [6, 6.07) is 45.1. The van der Waals surface area contributed by atoms with Gasteiger partial charge in [0.15, 0.2) is 0 Å². The van der Waals surface area contributed by atoms with E-state index in [0.29, 0.717) is 0 Å². The molecule has 62 heavy (non-hydrogen) atoms. The van der Waals surface area contributed by atoms with Crippen molar-refractivity contribution in [2.75, 3.05) is 0 Å². The number of aryl methyl sites for hydroxylation is 4. The molecule has 0 saturated carbocycles. The zero-order valence-corrected chi connectivity index (χ0v) is 40.9. The number of halogens is 2. The van der Waals surface area contributed by atoms with Crippen LogP contribution in [-0.2, 0) is 41.2 Å². The molecule has 2 atom stereocenters. The Balaban J connectivity index is 1.15. The van der Waals surface area contributed by atoms with E-state index in [1.54, 1.807) is 0 Å². The summed E-state index contributed by atoms with van der Waals surface area (Å²) in [6.45, 7) is 8.99. The molecule has 2 nitrogen and oxygen atoms in total. The van der Waals surface area contributed by atoms with Gasteiger partial charge in [-0.05, 0) is 0 Å². The van der Waals surface area contributed by atoms with Crippen LogP contribution in [0.25, 0.3) is 67.1 Å². The van der Waals surface area contributed by atoms with Gasteiger partial charge in [-0.2, -0.15) is 0 Å². The second-order valence-corrected chi connectivity index (χ2v) is 61.4. The Kier molecular flexibility index (Phi) is 9.02. The summed E-state index contributed by atoms with van der Waals surface area (Å²) in [5, 5.41) is 5.02. The molecule has 307 valence electrons. The van der Waals surface area contributed by atoms with Crippen molar-refractivity contribution >= 4 is 67.8 Å². The first-order valence-electron chi connectivity index (χ1n) is 22.5. The van der Waals surface area contributed by atoms with Crippen molar-refractivity contribution < 1.29 is 24.4 Å². The first-order valence-corrected chi connectivity index (χ1v) is 38.9. The van der Waals surface area contributed by atoms with Crippen molar-refractivity contribution in [2.45, 2.75) is 72.7 Å². The molecular formula is C56H49Cl2O2SiZr. The van der Waals surface area contributed by atoms with E-state index in [0.717, 1.165) is 72.7 Å². The number of benzene rings is 6. The number of fused-ring (bicyclic) bond motifs is 6. The van der Waals surface area contributed by atoms with Gasteiger partial charge in [0.2, 0.25) is 0 Å². The van der Waals surface area contributed by atoms with Gasteiger partial charge in [0.1, 0.15) is 0 Å². The summed E-state index contributed by atoms with van der Waals surface area (Å²) >= 11 is -5.44. The van der Waals surface area contributed by atoms with Gasteiger partial charge in [-0.25, -0.2) is 0 Å². The van der Waals surface area contributed by atoms with Crippen LogP contribution in [0.3, 0.4) is 0 Å². The average molecular weight is 944 g/mol. The molecule has 0 saturated heterocycles. The summed E-state index contributed by atoms with van der Waals surface area (Å²) in [4.78, 5) is 0. The van der Waals surface area contributed by atoms with Crippen molar-refractivity contribution in [1.82, 2.24) is 0 Å². The standard InChI is InChI=1S/2C27H21O.C2H7Si.2ClH.Zr/c2*1-17-9-12-26(28-17)23-15-22-14-20-7-4-8-24(20)27(25(22)16-23)21-11-10-18-5-2-3-6-19(18)13-21;1-3-2;;;/h2*2-3,5-6,9-16H,4,7-8H2,1H3;3H,1-2H3;2*1H;/q;;;;;+2/p-2. The predicted molar refractivity (Wildman–Crippen MR) is 262 cm³/mol. The third-order valence-electron chi connectivity index (χ3n) is 15.1. The van der Waals surface area contributed by atoms with E-state index in [1.807, 2.05) is 13.8 Å². The van der Waals surface area contributed by atoms with E-state index in [4.69, 9.17) is 8.83 Å². The van der Waals surface area contributed by atoms with Crippen LogP contribution >= 0.6 is 17.0 Å². The molecule has 2 unspecified atom stereocenters. The number of hydrogen-bond donors (Lipinski definition) is 0. The Morgan fingerprint density at radius 2 is 0.952 bits per heavy atom. The van der Waals surface area contributed by atoms with Crippen LogP contribution in [0, 0.1) is 13.8 Å². The normalized spacial score (nSPS) is 18.5. The molecule has 4 aliphatic carbocycles. The zero-order chi connectivity index (χ0) is 42.1. The maximum atomic E-state index is 9.23. The van der Waals surface area contributed by atoms with Crippen molar-refractivity contribution in [3.05, 3.63) is 189 Å². The predicted octanol–water partition coefficient (Wildman–Crippen LogP) is 16.0. The first kappa shape index (κ1) is 39.2. The van der Waals surface area contributed by atoms with Gasteiger partial charge in [-0.3, -0.25) is 0 Å². The summed E-state index contributed by atoms with van der Waals surface area (Å²) in [5.41, 5.74) is 18.5. The quantitative estimate of drug-likeness (QED) is 0.149. The van der Waals surface area contributed by atoms with Crippen LogP contribution in [0.4, 0.5) is 0 Å². The van der Waals surface area contributed by atoms with Crippen molar-refractivity contribution in [3.63, 3.8) is 0 Å². The average Bonchev–Trinajstić information content (AvgIpc) is 4.14. The Morgan fingerprint density at radius 1 is 0.516 bits per heavy atom. The number of rotatable bonds is 7. The fraction of sp³-hybridized carbons (Fsp3) is 0.214. The third-order valence-corrected chi connectivity index (χ3v) is 66.7. The summed E-state index contributed by atoms with van der Waals surface area (Å²) in [5.74, 6) is 1.58. The molecule has 0 N–H and O–H groups in total. The molecule has 6 aromatic carbocycles. The van der Waals surface area contributed by atoms with E-state index in [2.05, 4.69) is 147 Å². The van der Waals surface area contributed by atoms with Gasteiger partial charge in [-0.1, -0.05) is 0 Å². The minimum absolute atomic E-state index is 0.190. The van der Waals surface area contributed by atoms with Crippen LogP contribution in [0.5, 0.6) is 0 Å². The van der Waals surface area contributed by atoms with Crippen LogP contribution in [0.2, 0.25) is 13.1 Å². The van der Waals surface area contributed by atoms with Crippen LogP contribution < -0.4 is 0 Å². The molecule has 0 spiro atoms. The molecule has 0 radical (unpaired) electrons. The van der Waals surface area contributed by atoms with Gasteiger partial charge >= 0.3 is 376 Å². The molecule has 0 aliphatic heterocycles. The summed E-state index contributed by atoms with van der Waals surface area (Å²) < 4.78 is 13.0. The second-order valence-electron chi connectivity index (χ2n) is 18.9. The van der Waals surface area contributed by atoms with E-state index in [-0.39, 0.29) is 7.25 Å². The van der Waals surface area contributed by atoms with E-state index in [1.165, 1.54) is 88.3 Å². The van der Waals surface area contributed by atoms with Crippen molar-refractivity contribution in [3.8, 4) is 22.3 Å². The Hall–Kier alpha value is -4.44. The van der Waals surface area contributed by atoms with E-state index in [9.17, 15) is 17.0 Å². The fourth-order valence-electron chi connectivity index (χ4n) is 12.1. The van der Waals surface area contributed by atoms with Gasteiger partial charge in [0.05, 0.1) is 0 Å². The summed E-state index contributed by atoms with van der Waals surface area (Å²) in [6.07, 6.45) is 11.5. The summed E-state index contributed by atoms with van der Waals surface area (Å²) in [7, 11) is 18.5. The molecule has 6 heteroatoms. The molecule has 0 bridgehead atoms. The second kappa shape index (κ2) is 14.3. The molecule has 0 amide bonds. The Morgan fingerprint density at radius 3 is 1.35 bits per heavy atom. The Labute approximate surface area is 373 Å². The van der Waals surface area contributed by atoms with Gasteiger partial charge in [0, 0.05) is 0 Å². The number of allylic oxidation sites excluding steroid dienone is 2. The fourth-order valence-corrected chi connectivity index (χ4v) is 42.1. The minimum atomic E-state index is -5.44. The monoisotopic (exact) mass is 941 g/mol. The van der Waals surface area contributed by atoms with Crippen LogP contribution in [-0.4, -0.2) is 5.92 Å². The molecule has 2 heterocycles. The van der Waals surface area contributed by atoms with Crippen LogP contribution in [0.1, 0.15) is 87.6 Å². The van der Waals surface area contributed by atoms with Gasteiger partial charge < -0.3 is 0 Å². The van der Waals surface area contributed by atoms with E-state index < -0.39 is 21.5 Å². The van der Waals surface area contributed by atoms with Crippen molar-refractivity contribution in [2.24, 2.45) is 0 Å². The van der Waals surface area contributed by atoms with Gasteiger partial charge in [-0.15, -0.1) is 0 Å². The SMILES string of the molecule is Cc1ccc(C2=Cc3c(cc4c(c3-c3ccc5ccccc5c3)CCC4)[CH]2[Zr]([Cl])([Cl])([CH]2C(c3ccc(C)o3)=Cc3c2cc2c(c3-c3ccc4ccccc4c3)CCC2)[SiH](C)C)o1. The molecule has 4 aliphatic rings. The molecule has 12 rings (SSSR count). The Bertz CT molecular complexity index is 3060. The third kappa shape index (κ3) is 5.75. The number of hydrogen-bond acceptors (Lipinski definition) is 2.